The molecule has 2 aromatic rings. The van der Waals surface area contributed by atoms with Gasteiger partial charge in [0.2, 0.25) is 0 Å². The lowest BCUT2D eigenvalue weighted by Crippen LogP contribution is -2.34. The van der Waals surface area contributed by atoms with Gasteiger partial charge in [0.15, 0.2) is 5.11 Å². The first-order valence-electron chi connectivity index (χ1n) is 6.81. The monoisotopic (exact) mass is 390 g/mol. The van der Waals surface area contributed by atoms with Gasteiger partial charge in [-0.2, -0.15) is 0 Å². The Balaban J connectivity index is 2.00. The summed E-state index contributed by atoms with van der Waals surface area (Å²) >= 11 is 8.51. The molecule has 0 unspecified atom stereocenters. The highest BCUT2D eigenvalue weighted by Crippen LogP contribution is 2.23. The van der Waals surface area contributed by atoms with Crippen LogP contribution in [0.4, 0.5) is 5.69 Å². The third-order valence-corrected chi connectivity index (χ3v) is 3.56. The lowest BCUT2D eigenvalue weighted by molar-refractivity contribution is 0.0977. The van der Waals surface area contributed by atoms with Crippen molar-refractivity contribution in [1.82, 2.24) is 5.32 Å². The van der Waals surface area contributed by atoms with Gasteiger partial charge in [0.25, 0.3) is 5.91 Å². The average molecular weight is 391 g/mol. The normalized spacial score (nSPS) is 9.78. The van der Waals surface area contributed by atoms with Gasteiger partial charge in [0, 0.05) is 10.0 Å². The number of carbonyl (C=O) groups is 1. The molecule has 6 heteroatoms. The van der Waals surface area contributed by atoms with Gasteiger partial charge in [0.1, 0.15) is 12.4 Å². The summed E-state index contributed by atoms with van der Waals surface area (Å²) in [4.78, 5) is 12.1. The van der Waals surface area contributed by atoms with Gasteiger partial charge in [0.05, 0.1) is 5.69 Å². The maximum atomic E-state index is 12.1. The number of para-hydroxylation sites is 2. The zero-order valence-corrected chi connectivity index (χ0v) is 14.6. The molecule has 0 atom stereocenters. The van der Waals surface area contributed by atoms with Crippen LogP contribution in [-0.4, -0.2) is 17.6 Å². The van der Waals surface area contributed by atoms with Gasteiger partial charge in [-0.05, 0) is 48.6 Å². The minimum atomic E-state index is -0.278. The molecule has 2 N–H and O–H groups in total. The summed E-state index contributed by atoms with van der Waals surface area (Å²) in [5, 5.41) is 5.80. The molecule has 0 heterocycles. The Bertz CT molecular complexity index is 717. The van der Waals surface area contributed by atoms with Crippen LogP contribution in [-0.2, 0) is 0 Å². The smallest absolute Gasteiger partial charge is 0.257 e. The molecule has 0 saturated heterocycles. The van der Waals surface area contributed by atoms with Crippen molar-refractivity contribution in [2.75, 3.05) is 11.9 Å². The molecule has 0 aliphatic heterocycles. The number of anilines is 1. The summed E-state index contributed by atoms with van der Waals surface area (Å²) in [6, 6.07) is 14.3. The lowest BCUT2D eigenvalue weighted by atomic mass is 10.2. The zero-order valence-electron chi connectivity index (χ0n) is 12.2. The van der Waals surface area contributed by atoms with E-state index in [-0.39, 0.29) is 11.0 Å². The van der Waals surface area contributed by atoms with Crippen LogP contribution in [0.5, 0.6) is 5.75 Å². The van der Waals surface area contributed by atoms with Crippen molar-refractivity contribution in [1.29, 1.82) is 0 Å². The highest BCUT2D eigenvalue weighted by Gasteiger charge is 2.09. The van der Waals surface area contributed by atoms with Gasteiger partial charge in [-0.15, -0.1) is 0 Å². The number of hydrogen-bond acceptors (Lipinski definition) is 3. The topological polar surface area (TPSA) is 50.4 Å². The minimum absolute atomic E-state index is 0.201. The number of ether oxygens (including phenoxy) is 1. The average Bonchev–Trinajstić information content (AvgIpc) is 2.54. The molecule has 2 aromatic carbocycles. The van der Waals surface area contributed by atoms with E-state index in [2.05, 4.69) is 33.1 Å². The quantitative estimate of drug-likeness (QED) is 0.594. The van der Waals surface area contributed by atoms with E-state index in [1.807, 2.05) is 24.3 Å². The van der Waals surface area contributed by atoms with E-state index in [4.69, 9.17) is 17.0 Å². The molecule has 2 rings (SSSR count). The summed E-state index contributed by atoms with van der Waals surface area (Å²) in [5.74, 6) is 0.354. The Hall–Kier alpha value is -2.18. The van der Waals surface area contributed by atoms with E-state index in [9.17, 15) is 4.79 Å². The first-order chi connectivity index (χ1) is 11.1. The Labute approximate surface area is 148 Å². The van der Waals surface area contributed by atoms with E-state index in [0.29, 0.717) is 23.6 Å². The highest BCUT2D eigenvalue weighted by atomic mass is 79.9. The van der Waals surface area contributed by atoms with Crippen molar-refractivity contribution in [3.63, 3.8) is 0 Å². The van der Waals surface area contributed by atoms with Crippen molar-refractivity contribution in [2.24, 2.45) is 0 Å². The summed E-state index contributed by atoms with van der Waals surface area (Å²) < 4.78 is 6.44. The van der Waals surface area contributed by atoms with Crippen molar-refractivity contribution in [3.05, 3.63) is 71.2 Å². The Kier molecular flexibility index (Phi) is 6.31. The first-order valence-corrected chi connectivity index (χ1v) is 8.01. The van der Waals surface area contributed by atoms with Crippen LogP contribution in [0.3, 0.4) is 0 Å². The molecule has 0 spiro atoms. The molecule has 23 heavy (non-hydrogen) atoms. The Morgan fingerprint density at radius 3 is 2.61 bits per heavy atom. The third-order valence-electron chi connectivity index (χ3n) is 2.83. The summed E-state index contributed by atoms with van der Waals surface area (Å²) in [6.07, 6.45) is 1.66. The number of halogens is 1. The zero-order chi connectivity index (χ0) is 16.7. The van der Waals surface area contributed by atoms with E-state index in [1.54, 1.807) is 30.3 Å². The van der Waals surface area contributed by atoms with E-state index < -0.39 is 0 Å². The predicted octanol–water partition coefficient (Wildman–Crippen LogP) is 4.14. The maximum absolute atomic E-state index is 12.1. The van der Waals surface area contributed by atoms with Crippen LogP contribution in [0.15, 0.2) is 65.7 Å². The number of rotatable bonds is 5. The first kappa shape index (κ1) is 17.2. The Morgan fingerprint density at radius 1 is 1.22 bits per heavy atom. The Morgan fingerprint density at radius 2 is 1.91 bits per heavy atom. The fourth-order valence-corrected chi connectivity index (χ4v) is 2.24. The molecule has 0 fully saturated rings. The molecule has 0 aliphatic rings. The molecule has 118 valence electrons. The van der Waals surface area contributed by atoms with E-state index in [1.165, 1.54) is 0 Å². The number of carbonyl (C=O) groups excluding carboxylic acids is 1. The number of nitrogens with one attached hydrogen (secondary N) is 2. The fourth-order valence-electron chi connectivity index (χ4n) is 1.77. The maximum Gasteiger partial charge on any atom is 0.257 e. The molecule has 0 saturated carbocycles. The van der Waals surface area contributed by atoms with Gasteiger partial charge >= 0.3 is 0 Å². The second-order valence-electron chi connectivity index (χ2n) is 4.51. The molecule has 0 bridgehead atoms. The van der Waals surface area contributed by atoms with Crippen LogP contribution in [0.1, 0.15) is 10.4 Å². The summed E-state index contributed by atoms with van der Waals surface area (Å²) in [6.45, 7) is 4.00. The van der Waals surface area contributed by atoms with Crippen LogP contribution in [0, 0.1) is 0 Å². The van der Waals surface area contributed by atoms with E-state index in [0.717, 1.165) is 4.47 Å². The SMILES string of the molecule is C=CCOc1ccccc1NC(=S)NC(=O)c1ccc(Br)cc1. The number of amides is 1. The molecular weight excluding hydrogens is 376 g/mol. The van der Waals surface area contributed by atoms with Gasteiger partial charge in [-0.3, -0.25) is 10.1 Å². The van der Waals surface area contributed by atoms with Crippen LogP contribution >= 0.6 is 28.1 Å². The predicted molar refractivity (Wildman–Crippen MR) is 100.0 cm³/mol. The van der Waals surface area contributed by atoms with Crippen molar-refractivity contribution in [3.8, 4) is 5.75 Å². The second-order valence-corrected chi connectivity index (χ2v) is 5.83. The van der Waals surface area contributed by atoms with Crippen molar-refractivity contribution >= 4 is 44.9 Å². The van der Waals surface area contributed by atoms with Gasteiger partial charge in [-0.1, -0.05) is 40.7 Å². The number of hydrogen-bond donors (Lipinski definition) is 2. The van der Waals surface area contributed by atoms with Crippen LogP contribution < -0.4 is 15.4 Å². The highest BCUT2D eigenvalue weighted by molar-refractivity contribution is 9.10. The van der Waals surface area contributed by atoms with Crippen LogP contribution in [0.25, 0.3) is 0 Å². The molecule has 0 aromatic heterocycles. The molecule has 0 aliphatic carbocycles. The molecular formula is C17H15BrN2O2S. The number of thiocarbonyl (C=S) groups is 1. The standard InChI is InChI=1S/C17H15BrN2O2S/c1-2-11-22-15-6-4-3-5-14(15)19-17(23)20-16(21)12-7-9-13(18)10-8-12/h2-10H,1,11H2,(H2,19,20,21,23). The lowest BCUT2D eigenvalue weighted by Gasteiger charge is -2.13. The summed E-state index contributed by atoms with van der Waals surface area (Å²) in [5.41, 5.74) is 1.20. The third kappa shape index (κ3) is 5.19. The van der Waals surface area contributed by atoms with Gasteiger partial charge < -0.3 is 10.1 Å². The van der Waals surface area contributed by atoms with Gasteiger partial charge in [-0.25, -0.2) is 0 Å². The molecule has 0 radical (unpaired) electrons. The minimum Gasteiger partial charge on any atom is -0.487 e. The van der Waals surface area contributed by atoms with Crippen molar-refractivity contribution in [2.45, 2.75) is 0 Å². The summed E-state index contributed by atoms with van der Waals surface area (Å²) in [7, 11) is 0. The molecule has 1 amide bonds. The molecule has 4 nitrogen and oxygen atoms in total. The fraction of sp³-hybridized carbons (Fsp3) is 0.0588. The van der Waals surface area contributed by atoms with Crippen LogP contribution in [0.2, 0.25) is 0 Å². The second kappa shape index (κ2) is 8.45. The number of benzene rings is 2. The van der Waals surface area contributed by atoms with E-state index >= 15 is 0 Å². The van der Waals surface area contributed by atoms with Crippen molar-refractivity contribution < 1.29 is 9.53 Å². The largest absolute Gasteiger partial charge is 0.487 e.